The lowest BCUT2D eigenvalue weighted by molar-refractivity contribution is 0.0781. The van der Waals surface area contributed by atoms with Crippen LogP contribution in [0.4, 0.5) is 0 Å². The molecule has 0 bridgehead atoms. The summed E-state index contributed by atoms with van der Waals surface area (Å²) in [5.74, 6) is 0.273. The second-order valence-corrected chi connectivity index (χ2v) is 4.66. The van der Waals surface area contributed by atoms with Crippen molar-refractivity contribution in [3.8, 4) is 0 Å². The number of carbonyl (C=O) groups excluding carboxylic acids is 1. The van der Waals surface area contributed by atoms with Crippen LogP contribution in [0, 0.1) is 5.92 Å². The number of likely N-dealkylation sites (tertiary alicyclic amines) is 1. The lowest BCUT2D eigenvalue weighted by Gasteiger charge is -2.16. The molecule has 1 fully saturated rings. The first-order valence-electron chi connectivity index (χ1n) is 5.40. The Morgan fingerprint density at radius 1 is 1.56 bits per heavy atom. The normalized spacial score (nSPS) is 20.1. The Bertz CT molecular complexity index is 394. The van der Waals surface area contributed by atoms with Crippen molar-refractivity contribution in [3.05, 3.63) is 29.8 Å². The van der Waals surface area contributed by atoms with Crippen molar-refractivity contribution >= 4 is 18.5 Å². The highest BCUT2D eigenvalue weighted by atomic mass is 32.1. The molecule has 0 spiro atoms. The summed E-state index contributed by atoms with van der Waals surface area (Å²) in [5, 5.41) is 9.03. The summed E-state index contributed by atoms with van der Waals surface area (Å²) >= 11 is 4.22. The third-order valence-electron chi connectivity index (χ3n) is 2.92. The van der Waals surface area contributed by atoms with Crippen molar-refractivity contribution in [2.75, 3.05) is 19.7 Å². The maximum absolute atomic E-state index is 12.1. The van der Waals surface area contributed by atoms with Gasteiger partial charge in [0.25, 0.3) is 5.91 Å². The Kier molecular flexibility index (Phi) is 3.51. The van der Waals surface area contributed by atoms with Crippen LogP contribution >= 0.6 is 12.6 Å². The highest BCUT2D eigenvalue weighted by Crippen LogP contribution is 2.19. The zero-order valence-corrected chi connectivity index (χ0v) is 9.86. The zero-order valence-electron chi connectivity index (χ0n) is 8.97. The Labute approximate surface area is 100 Å². The predicted octanol–water partition coefficient (Wildman–Crippen LogP) is 1.43. The number of carbonyl (C=O) groups is 1. The molecule has 0 saturated carbocycles. The molecule has 0 aromatic heterocycles. The van der Waals surface area contributed by atoms with Crippen molar-refractivity contribution in [1.29, 1.82) is 0 Å². The minimum atomic E-state index is 0.0341. The first kappa shape index (κ1) is 11.5. The monoisotopic (exact) mass is 237 g/mol. The quantitative estimate of drug-likeness (QED) is 0.764. The Morgan fingerprint density at radius 3 is 3.00 bits per heavy atom. The smallest absolute Gasteiger partial charge is 0.253 e. The molecule has 1 heterocycles. The van der Waals surface area contributed by atoms with Gasteiger partial charge in [0.1, 0.15) is 0 Å². The van der Waals surface area contributed by atoms with E-state index in [1.54, 1.807) is 17.0 Å². The number of hydrogen-bond donors (Lipinski definition) is 2. The van der Waals surface area contributed by atoms with Crippen LogP contribution in [0.15, 0.2) is 29.2 Å². The lowest BCUT2D eigenvalue weighted by atomic mass is 10.1. The lowest BCUT2D eigenvalue weighted by Crippen LogP contribution is -2.29. The van der Waals surface area contributed by atoms with Gasteiger partial charge in [-0.3, -0.25) is 4.79 Å². The SMILES string of the molecule is O=C(c1cccc(S)c1)N1CCC(CO)C1. The fourth-order valence-corrected chi connectivity index (χ4v) is 2.21. The predicted molar refractivity (Wildman–Crippen MR) is 64.8 cm³/mol. The van der Waals surface area contributed by atoms with Crippen LogP contribution in [0.3, 0.4) is 0 Å². The molecular weight excluding hydrogens is 222 g/mol. The molecule has 0 radical (unpaired) electrons. The average Bonchev–Trinajstić information content (AvgIpc) is 2.76. The maximum Gasteiger partial charge on any atom is 0.253 e. The summed E-state index contributed by atoms with van der Waals surface area (Å²) in [5.41, 5.74) is 0.672. The first-order valence-corrected chi connectivity index (χ1v) is 5.84. The number of thiol groups is 1. The van der Waals surface area contributed by atoms with Crippen LogP contribution in [-0.2, 0) is 0 Å². The summed E-state index contributed by atoms with van der Waals surface area (Å²) < 4.78 is 0. The molecule has 1 aromatic carbocycles. The fraction of sp³-hybridized carbons (Fsp3) is 0.417. The summed E-state index contributed by atoms with van der Waals surface area (Å²) in [6, 6.07) is 7.25. The topological polar surface area (TPSA) is 40.5 Å². The third-order valence-corrected chi connectivity index (χ3v) is 3.20. The zero-order chi connectivity index (χ0) is 11.5. The highest BCUT2D eigenvalue weighted by Gasteiger charge is 2.26. The van der Waals surface area contributed by atoms with Gasteiger partial charge in [-0.1, -0.05) is 6.07 Å². The number of benzene rings is 1. The molecule has 16 heavy (non-hydrogen) atoms. The highest BCUT2D eigenvalue weighted by molar-refractivity contribution is 7.80. The number of hydrogen-bond acceptors (Lipinski definition) is 3. The van der Waals surface area contributed by atoms with E-state index in [9.17, 15) is 4.79 Å². The molecular formula is C12H15NO2S. The van der Waals surface area contributed by atoms with Gasteiger partial charge in [0.15, 0.2) is 0 Å². The Hall–Kier alpha value is -1.00. The molecule has 1 saturated heterocycles. The molecule has 86 valence electrons. The van der Waals surface area contributed by atoms with E-state index < -0.39 is 0 Å². The van der Waals surface area contributed by atoms with Gasteiger partial charge in [-0.2, -0.15) is 0 Å². The van der Waals surface area contributed by atoms with E-state index >= 15 is 0 Å². The molecule has 4 heteroatoms. The van der Waals surface area contributed by atoms with Crippen molar-refractivity contribution < 1.29 is 9.90 Å². The van der Waals surface area contributed by atoms with Crippen LogP contribution in [0.5, 0.6) is 0 Å². The van der Waals surface area contributed by atoms with Gasteiger partial charge < -0.3 is 10.0 Å². The van der Waals surface area contributed by atoms with Gasteiger partial charge in [0, 0.05) is 36.1 Å². The van der Waals surface area contributed by atoms with Crippen molar-refractivity contribution in [2.24, 2.45) is 5.92 Å². The van der Waals surface area contributed by atoms with Gasteiger partial charge in [0.2, 0.25) is 0 Å². The van der Waals surface area contributed by atoms with E-state index in [-0.39, 0.29) is 18.4 Å². The minimum absolute atomic E-state index is 0.0341. The summed E-state index contributed by atoms with van der Waals surface area (Å²) in [4.78, 5) is 14.7. The standard InChI is InChI=1S/C12H15NO2S/c14-8-9-4-5-13(7-9)12(15)10-2-1-3-11(16)6-10/h1-3,6,9,14,16H,4-5,7-8H2. The number of aliphatic hydroxyl groups is 1. The van der Waals surface area contributed by atoms with E-state index in [0.29, 0.717) is 12.1 Å². The molecule has 1 unspecified atom stereocenters. The summed E-state index contributed by atoms with van der Waals surface area (Å²) in [7, 11) is 0. The van der Waals surface area contributed by atoms with E-state index in [0.717, 1.165) is 17.9 Å². The molecule has 0 aliphatic carbocycles. The first-order chi connectivity index (χ1) is 7.70. The Balaban J connectivity index is 2.08. The number of nitrogens with zero attached hydrogens (tertiary/aromatic N) is 1. The van der Waals surface area contributed by atoms with Gasteiger partial charge in [-0.25, -0.2) is 0 Å². The van der Waals surface area contributed by atoms with Crippen molar-refractivity contribution in [2.45, 2.75) is 11.3 Å². The maximum atomic E-state index is 12.1. The molecule has 1 aliphatic heterocycles. The summed E-state index contributed by atoms with van der Waals surface area (Å²) in [6.45, 7) is 1.56. The van der Waals surface area contributed by atoms with E-state index in [1.807, 2.05) is 12.1 Å². The van der Waals surface area contributed by atoms with Crippen LogP contribution < -0.4 is 0 Å². The molecule has 3 nitrogen and oxygen atoms in total. The number of amides is 1. The van der Waals surface area contributed by atoms with Gasteiger partial charge >= 0.3 is 0 Å². The van der Waals surface area contributed by atoms with E-state index in [4.69, 9.17) is 5.11 Å². The van der Waals surface area contributed by atoms with Gasteiger partial charge in [-0.15, -0.1) is 12.6 Å². The van der Waals surface area contributed by atoms with Crippen LogP contribution in [-0.4, -0.2) is 35.6 Å². The largest absolute Gasteiger partial charge is 0.396 e. The minimum Gasteiger partial charge on any atom is -0.396 e. The van der Waals surface area contributed by atoms with Crippen LogP contribution in [0.25, 0.3) is 0 Å². The molecule has 1 amide bonds. The average molecular weight is 237 g/mol. The van der Waals surface area contributed by atoms with Crippen LogP contribution in [0.1, 0.15) is 16.8 Å². The third kappa shape index (κ3) is 2.39. The number of rotatable bonds is 2. The van der Waals surface area contributed by atoms with E-state index in [2.05, 4.69) is 12.6 Å². The van der Waals surface area contributed by atoms with E-state index in [1.165, 1.54) is 0 Å². The second kappa shape index (κ2) is 4.89. The van der Waals surface area contributed by atoms with Gasteiger partial charge in [-0.05, 0) is 24.6 Å². The molecule has 1 aromatic rings. The molecule has 2 rings (SSSR count). The molecule has 1 aliphatic rings. The number of aliphatic hydroxyl groups excluding tert-OH is 1. The molecule has 1 N–H and O–H groups in total. The summed E-state index contributed by atoms with van der Waals surface area (Å²) in [6.07, 6.45) is 0.892. The fourth-order valence-electron chi connectivity index (χ4n) is 1.99. The second-order valence-electron chi connectivity index (χ2n) is 4.14. The van der Waals surface area contributed by atoms with Gasteiger partial charge in [0.05, 0.1) is 0 Å². The Morgan fingerprint density at radius 2 is 2.38 bits per heavy atom. The molecule has 1 atom stereocenters. The van der Waals surface area contributed by atoms with Crippen LogP contribution in [0.2, 0.25) is 0 Å². The van der Waals surface area contributed by atoms with Crippen molar-refractivity contribution in [1.82, 2.24) is 4.90 Å². The van der Waals surface area contributed by atoms with Crippen molar-refractivity contribution in [3.63, 3.8) is 0 Å².